The second kappa shape index (κ2) is 5.91. The van der Waals surface area contributed by atoms with E-state index in [1.165, 1.54) is 0 Å². The maximum Gasteiger partial charge on any atom is 0.226 e. The van der Waals surface area contributed by atoms with Gasteiger partial charge in [-0.25, -0.2) is 0 Å². The summed E-state index contributed by atoms with van der Waals surface area (Å²) in [4.78, 5) is 14.0. The van der Waals surface area contributed by atoms with Crippen LogP contribution >= 0.6 is 0 Å². The van der Waals surface area contributed by atoms with Gasteiger partial charge in [0.25, 0.3) is 0 Å². The molecule has 0 aromatic carbocycles. The normalized spacial score (nSPS) is 18.0. The lowest BCUT2D eigenvalue weighted by Gasteiger charge is -2.34. The molecule has 1 amide bonds. The van der Waals surface area contributed by atoms with Crippen molar-refractivity contribution in [1.82, 2.24) is 10.2 Å². The minimum atomic E-state index is 0.151. The average molecular weight is 210 g/mol. The Bertz CT molecular complexity index is 224. The van der Waals surface area contributed by atoms with Crippen molar-refractivity contribution in [1.29, 1.82) is 0 Å². The van der Waals surface area contributed by atoms with Gasteiger partial charge in [0.2, 0.25) is 5.91 Å². The first-order valence-electron chi connectivity index (χ1n) is 5.81. The Morgan fingerprint density at radius 3 is 2.73 bits per heavy atom. The summed E-state index contributed by atoms with van der Waals surface area (Å²) in [6.07, 6.45) is 2.81. The van der Waals surface area contributed by atoms with Gasteiger partial charge in [0.05, 0.1) is 0 Å². The van der Waals surface area contributed by atoms with Crippen LogP contribution in [0.3, 0.4) is 0 Å². The molecule has 0 radical (unpaired) electrons. The second-order valence-electron chi connectivity index (χ2n) is 4.28. The van der Waals surface area contributed by atoms with E-state index in [2.05, 4.69) is 18.8 Å². The summed E-state index contributed by atoms with van der Waals surface area (Å²) in [5.74, 6) is 0.961. The third-order valence-electron chi connectivity index (χ3n) is 3.06. The van der Waals surface area contributed by atoms with Crippen LogP contribution in [0.5, 0.6) is 0 Å². The van der Waals surface area contributed by atoms with Gasteiger partial charge in [-0.1, -0.05) is 19.9 Å². The molecule has 0 spiro atoms. The Balaban J connectivity index is 2.48. The molecule has 0 aromatic rings. The zero-order chi connectivity index (χ0) is 11.3. The first kappa shape index (κ1) is 12.2. The highest BCUT2D eigenvalue weighted by Crippen LogP contribution is 2.18. The van der Waals surface area contributed by atoms with Gasteiger partial charge in [-0.2, -0.15) is 0 Å². The summed E-state index contributed by atoms with van der Waals surface area (Å²) in [5.41, 5.74) is 0. The van der Waals surface area contributed by atoms with E-state index in [4.69, 9.17) is 0 Å². The number of hydrogen-bond donors (Lipinski definition) is 1. The number of nitrogens with zero attached hydrogens (tertiary/aromatic N) is 1. The smallest absolute Gasteiger partial charge is 0.226 e. The van der Waals surface area contributed by atoms with Crippen LogP contribution in [0.25, 0.3) is 0 Å². The van der Waals surface area contributed by atoms with E-state index in [9.17, 15) is 4.79 Å². The topological polar surface area (TPSA) is 32.3 Å². The van der Waals surface area contributed by atoms with Crippen LogP contribution in [-0.4, -0.2) is 37.0 Å². The lowest BCUT2D eigenvalue weighted by atomic mass is 9.88. The molecule has 15 heavy (non-hydrogen) atoms. The summed E-state index contributed by atoms with van der Waals surface area (Å²) >= 11 is 0. The van der Waals surface area contributed by atoms with Gasteiger partial charge in [0, 0.05) is 19.0 Å². The van der Waals surface area contributed by atoms with E-state index in [-0.39, 0.29) is 11.8 Å². The van der Waals surface area contributed by atoms with Crippen LogP contribution < -0.4 is 5.32 Å². The van der Waals surface area contributed by atoms with Gasteiger partial charge < -0.3 is 10.2 Å². The molecule has 1 rings (SSSR count). The monoisotopic (exact) mass is 210 g/mol. The molecule has 0 aliphatic carbocycles. The van der Waals surface area contributed by atoms with Crippen LogP contribution in [0.15, 0.2) is 12.7 Å². The van der Waals surface area contributed by atoms with Crippen LogP contribution in [-0.2, 0) is 4.79 Å². The van der Waals surface area contributed by atoms with E-state index < -0.39 is 0 Å². The van der Waals surface area contributed by atoms with Gasteiger partial charge in [-0.05, 0) is 25.4 Å². The zero-order valence-corrected chi connectivity index (χ0v) is 9.83. The third kappa shape index (κ3) is 3.06. The molecule has 1 fully saturated rings. The summed E-state index contributed by atoms with van der Waals surface area (Å²) in [6, 6.07) is 0. The fraction of sp³-hybridized carbons (Fsp3) is 0.750. The molecule has 1 unspecified atom stereocenters. The van der Waals surface area contributed by atoms with E-state index in [1.807, 2.05) is 11.8 Å². The average Bonchev–Trinajstić information content (AvgIpc) is 2.13. The van der Waals surface area contributed by atoms with Crippen molar-refractivity contribution < 1.29 is 4.79 Å². The van der Waals surface area contributed by atoms with Gasteiger partial charge in [0.15, 0.2) is 0 Å². The maximum atomic E-state index is 12.1. The van der Waals surface area contributed by atoms with Crippen molar-refractivity contribution in [2.75, 3.05) is 26.2 Å². The Morgan fingerprint density at radius 2 is 2.33 bits per heavy atom. The minimum Gasteiger partial charge on any atom is -0.339 e. The number of amides is 1. The van der Waals surface area contributed by atoms with Crippen LogP contribution in [0, 0.1) is 11.8 Å². The van der Waals surface area contributed by atoms with Crippen molar-refractivity contribution >= 4 is 5.91 Å². The van der Waals surface area contributed by atoms with E-state index >= 15 is 0 Å². The maximum absolute atomic E-state index is 12.1. The number of nitrogens with one attached hydrogen (secondary N) is 1. The number of carbonyl (C=O) groups excluding carboxylic acids is 1. The van der Waals surface area contributed by atoms with Crippen LogP contribution in [0.4, 0.5) is 0 Å². The highest BCUT2D eigenvalue weighted by molar-refractivity contribution is 5.79. The molecule has 1 N–H and O–H groups in total. The predicted octanol–water partition coefficient (Wildman–Crippen LogP) is 1.27. The largest absolute Gasteiger partial charge is 0.339 e. The first-order chi connectivity index (χ1) is 7.20. The summed E-state index contributed by atoms with van der Waals surface area (Å²) < 4.78 is 0. The van der Waals surface area contributed by atoms with Crippen LogP contribution in [0.2, 0.25) is 0 Å². The fourth-order valence-electron chi connectivity index (χ4n) is 1.87. The standard InChI is InChI=1S/C12H22N2O/c1-4-6-14(7-5-2)12(15)10(3)11-8-13-9-11/h4,10-11,13H,1,5-9H2,2-3H3. The number of hydrogen-bond acceptors (Lipinski definition) is 2. The van der Waals surface area contributed by atoms with E-state index in [0.717, 1.165) is 26.1 Å². The molecule has 0 bridgehead atoms. The molecule has 3 nitrogen and oxygen atoms in total. The number of carbonyl (C=O) groups is 1. The lowest BCUT2D eigenvalue weighted by molar-refractivity contribution is -0.136. The van der Waals surface area contributed by atoms with Crippen molar-refractivity contribution in [3.63, 3.8) is 0 Å². The second-order valence-corrected chi connectivity index (χ2v) is 4.28. The highest BCUT2D eigenvalue weighted by atomic mass is 16.2. The summed E-state index contributed by atoms with van der Waals surface area (Å²) in [7, 11) is 0. The molecule has 1 saturated heterocycles. The molecule has 0 aromatic heterocycles. The van der Waals surface area contributed by atoms with Gasteiger partial charge in [-0.3, -0.25) is 4.79 Å². The molecule has 1 aliphatic heterocycles. The molecule has 0 saturated carbocycles. The molecular formula is C12H22N2O. The molecule has 1 aliphatic rings. The Morgan fingerprint density at radius 1 is 1.67 bits per heavy atom. The molecule has 3 heteroatoms. The predicted molar refractivity (Wildman–Crippen MR) is 62.6 cm³/mol. The Kier molecular flexibility index (Phi) is 4.82. The Hall–Kier alpha value is -0.830. The van der Waals surface area contributed by atoms with E-state index in [1.54, 1.807) is 6.08 Å². The van der Waals surface area contributed by atoms with Gasteiger partial charge >= 0.3 is 0 Å². The number of rotatable bonds is 6. The Labute approximate surface area is 92.5 Å². The lowest BCUT2D eigenvalue weighted by Crippen LogP contribution is -2.50. The summed E-state index contributed by atoms with van der Waals surface area (Å²) in [5, 5.41) is 3.21. The van der Waals surface area contributed by atoms with Crippen molar-refractivity contribution in [3.05, 3.63) is 12.7 Å². The quantitative estimate of drug-likeness (QED) is 0.670. The summed E-state index contributed by atoms with van der Waals surface area (Å²) in [6.45, 7) is 11.3. The molecule has 86 valence electrons. The van der Waals surface area contributed by atoms with Crippen LogP contribution in [0.1, 0.15) is 20.3 Å². The van der Waals surface area contributed by atoms with Crippen molar-refractivity contribution in [2.24, 2.45) is 11.8 Å². The van der Waals surface area contributed by atoms with E-state index in [0.29, 0.717) is 12.5 Å². The molecule has 1 atom stereocenters. The minimum absolute atomic E-state index is 0.151. The van der Waals surface area contributed by atoms with Crippen molar-refractivity contribution in [2.45, 2.75) is 20.3 Å². The zero-order valence-electron chi connectivity index (χ0n) is 9.83. The van der Waals surface area contributed by atoms with Gasteiger partial charge in [0.1, 0.15) is 0 Å². The highest BCUT2D eigenvalue weighted by Gasteiger charge is 2.30. The SMILES string of the molecule is C=CCN(CCC)C(=O)C(C)C1CNC1. The van der Waals surface area contributed by atoms with Gasteiger partial charge in [-0.15, -0.1) is 6.58 Å². The fourth-order valence-corrected chi connectivity index (χ4v) is 1.87. The van der Waals surface area contributed by atoms with Crippen molar-refractivity contribution in [3.8, 4) is 0 Å². The third-order valence-corrected chi connectivity index (χ3v) is 3.06. The molecule has 1 heterocycles. The molecular weight excluding hydrogens is 188 g/mol. The first-order valence-corrected chi connectivity index (χ1v) is 5.81.